The largest absolute Gasteiger partial charge is 0.343 e. The second-order valence-electron chi connectivity index (χ2n) is 7.39. The van der Waals surface area contributed by atoms with Crippen LogP contribution in [0.1, 0.15) is 36.9 Å². The average Bonchev–Trinajstić information content (AvgIpc) is 3.43. The molecule has 1 aliphatic rings. The molecule has 150 valence electrons. The summed E-state index contributed by atoms with van der Waals surface area (Å²) in [5.41, 5.74) is 2.28. The van der Waals surface area contributed by atoms with Crippen molar-refractivity contribution in [2.24, 2.45) is 0 Å². The van der Waals surface area contributed by atoms with Gasteiger partial charge in [0.05, 0.1) is 12.4 Å². The number of benzene rings is 1. The molecule has 1 fully saturated rings. The summed E-state index contributed by atoms with van der Waals surface area (Å²) < 4.78 is 3.50. The molecule has 7 heteroatoms. The highest BCUT2D eigenvalue weighted by Crippen LogP contribution is 2.11. The fourth-order valence-electron chi connectivity index (χ4n) is 3.61. The van der Waals surface area contributed by atoms with Crippen molar-refractivity contribution in [2.45, 2.75) is 38.6 Å². The van der Waals surface area contributed by atoms with Crippen LogP contribution in [0, 0.1) is 0 Å². The van der Waals surface area contributed by atoms with Crippen molar-refractivity contribution in [3.8, 4) is 5.69 Å². The summed E-state index contributed by atoms with van der Waals surface area (Å²) in [6.45, 7) is 2.47. The van der Waals surface area contributed by atoms with Gasteiger partial charge >= 0.3 is 0 Å². The second kappa shape index (κ2) is 8.86. The van der Waals surface area contributed by atoms with E-state index >= 15 is 0 Å². The molecule has 4 rings (SSSR count). The van der Waals surface area contributed by atoms with Gasteiger partial charge in [-0.05, 0) is 24.8 Å². The minimum absolute atomic E-state index is 0.0714. The Morgan fingerprint density at radius 1 is 1.07 bits per heavy atom. The zero-order valence-electron chi connectivity index (χ0n) is 16.4. The van der Waals surface area contributed by atoms with Crippen molar-refractivity contribution >= 4 is 5.91 Å². The van der Waals surface area contributed by atoms with Crippen LogP contribution in [0.3, 0.4) is 0 Å². The minimum Gasteiger partial charge on any atom is -0.343 e. The van der Waals surface area contributed by atoms with Crippen molar-refractivity contribution in [1.29, 1.82) is 0 Å². The number of rotatable bonds is 7. The van der Waals surface area contributed by atoms with Crippen LogP contribution in [-0.4, -0.2) is 43.5 Å². The first-order chi connectivity index (χ1) is 14.2. The van der Waals surface area contributed by atoms with Crippen LogP contribution in [-0.2, 0) is 17.8 Å². The van der Waals surface area contributed by atoms with Gasteiger partial charge in [0.1, 0.15) is 11.4 Å². The third kappa shape index (κ3) is 4.80. The lowest BCUT2D eigenvalue weighted by molar-refractivity contribution is -0.130. The molecular formula is C22H25N5O2. The van der Waals surface area contributed by atoms with Gasteiger partial charge in [-0.25, -0.2) is 4.68 Å². The molecule has 7 nitrogen and oxygen atoms in total. The molecule has 0 radical (unpaired) electrons. The first-order valence-electron chi connectivity index (χ1n) is 10.1. The first-order valence-corrected chi connectivity index (χ1v) is 10.1. The molecule has 1 aromatic carbocycles. The molecule has 1 amide bonds. The summed E-state index contributed by atoms with van der Waals surface area (Å²) >= 11 is 0. The van der Waals surface area contributed by atoms with E-state index in [2.05, 4.69) is 10.2 Å². The number of likely N-dealkylation sites (tertiary alicyclic amines) is 1. The molecule has 0 N–H and O–H groups in total. The summed E-state index contributed by atoms with van der Waals surface area (Å²) in [5, 5.41) is 8.88. The van der Waals surface area contributed by atoms with Crippen molar-refractivity contribution in [1.82, 2.24) is 24.5 Å². The van der Waals surface area contributed by atoms with Gasteiger partial charge in [-0.15, -0.1) is 0 Å². The predicted octanol–water partition coefficient (Wildman–Crippen LogP) is 2.42. The summed E-state index contributed by atoms with van der Waals surface area (Å²) in [4.78, 5) is 26.3. The molecule has 0 unspecified atom stereocenters. The molecule has 3 aromatic rings. The van der Waals surface area contributed by atoms with Gasteiger partial charge < -0.3 is 4.90 Å². The zero-order chi connectivity index (χ0) is 20.1. The van der Waals surface area contributed by atoms with E-state index in [-0.39, 0.29) is 11.3 Å². The van der Waals surface area contributed by atoms with Crippen LogP contribution >= 0.6 is 0 Å². The van der Waals surface area contributed by atoms with Gasteiger partial charge in [-0.1, -0.05) is 30.3 Å². The summed E-state index contributed by atoms with van der Waals surface area (Å²) in [6, 6.07) is 11.4. The molecule has 1 aliphatic heterocycles. The Morgan fingerprint density at radius 3 is 2.66 bits per heavy atom. The van der Waals surface area contributed by atoms with E-state index < -0.39 is 0 Å². The Morgan fingerprint density at radius 2 is 1.86 bits per heavy atom. The molecule has 0 spiro atoms. The Kier molecular flexibility index (Phi) is 5.84. The van der Waals surface area contributed by atoms with Crippen molar-refractivity contribution < 1.29 is 4.79 Å². The van der Waals surface area contributed by atoms with Gasteiger partial charge in [0, 0.05) is 44.7 Å². The standard InChI is InChI=1S/C22H25N5O2/c28-21-10-14-27(24-20(21)15-18-7-2-1-3-8-18)19-16-23-26(17-19)13-6-9-22(29)25-11-4-5-12-25/h1-3,7-8,10,14,16-17H,4-6,9,11-13,15H2. The molecule has 0 saturated carbocycles. The Balaban J connectivity index is 1.39. The summed E-state index contributed by atoms with van der Waals surface area (Å²) in [7, 11) is 0. The lowest BCUT2D eigenvalue weighted by atomic mass is 10.1. The number of aromatic nitrogens is 4. The van der Waals surface area contributed by atoms with Gasteiger partial charge in [0.2, 0.25) is 11.3 Å². The number of carbonyl (C=O) groups is 1. The van der Waals surface area contributed by atoms with E-state index in [0.29, 0.717) is 25.1 Å². The summed E-state index contributed by atoms with van der Waals surface area (Å²) in [5.74, 6) is 0.238. The Hall–Kier alpha value is -3.22. The molecule has 0 atom stereocenters. The van der Waals surface area contributed by atoms with Gasteiger partial charge in [0.25, 0.3) is 0 Å². The minimum atomic E-state index is -0.0714. The van der Waals surface area contributed by atoms with Crippen LogP contribution in [0.4, 0.5) is 0 Å². The molecule has 0 bridgehead atoms. The Bertz CT molecular complexity index is 1020. The van der Waals surface area contributed by atoms with Crippen LogP contribution in [0.25, 0.3) is 5.69 Å². The van der Waals surface area contributed by atoms with Crippen LogP contribution in [0.5, 0.6) is 0 Å². The van der Waals surface area contributed by atoms with Crippen molar-refractivity contribution in [3.05, 3.63) is 76.5 Å². The monoisotopic (exact) mass is 391 g/mol. The van der Waals surface area contributed by atoms with Crippen LogP contribution in [0.2, 0.25) is 0 Å². The van der Waals surface area contributed by atoms with E-state index in [0.717, 1.165) is 43.6 Å². The van der Waals surface area contributed by atoms with E-state index in [1.165, 1.54) is 6.07 Å². The number of aryl methyl sites for hydroxylation is 1. The summed E-state index contributed by atoms with van der Waals surface area (Å²) in [6.07, 6.45) is 9.32. The maximum absolute atomic E-state index is 12.2. The average molecular weight is 391 g/mol. The predicted molar refractivity (Wildman–Crippen MR) is 110 cm³/mol. The molecule has 29 heavy (non-hydrogen) atoms. The number of hydrogen-bond donors (Lipinski definition) is 0. The first kappa shape index (κ1) is 19.1. The molecule has 2 aromatic heterocycles. The quantitative estimate of drug-likeness (QED) is 0.620. The lowest BCUT2D eigenvalue weighted by Gasteiger charge is -2.14. The van der Waals surface area contributed by atoms with Gasteiger partial charge in [-0.3, -0.25) is 14.3 Å². The van der Waals surface area contributed by atoms with Crippen LogP contribution < -0.4 is 5.43 Å². The molecule has 3 heterocycles. The van der Waals surface area contributed by atoms with E-state index in [1.54, 1.807) is 17.1 Å². The van der Waals surface area contributed by atoms with E-state index in [9.17, 15) is 9.59 Å². The Labute approximate surface area is 169 Å². The molecular weight excluding hydrogens is 366 g/mol. The van der Waals surface area contributed by atoms with E-state index in [1.807, 2.05) is 46.1 Å². The fraction of sp³-hybridized carbons (Fsp3) is 0.364. The van der Waals surface area contributed by atoms with Crippen LogP contribution in [0.15, 0.2) is 59.8 Å². The third-order valence-corrected chi connectivity index (χ3v) is 5.22. The van der Waals surface area contributed by atoms with Crippen molar-refractivity contribution in [2.75, 3.05) is 13.1 Å². The van der Waals surface area contributed by atoms with Gasteiger partial charge in [-0.2, -0.15) is 10.2 Å². The van der Waals surface area contributed by atoms with Crippen molar-refractivity contribution in [3.63, 3.8) is 0 Å². The molecule has 1 saturated heterocycles. The van der Waals surface area contributed by atoms with E-state index in [4.69, 9.17) is 0 Å². The maximum atomic E-state index is 12.2. The third-order valence-electron chi connectivity index (χ3n) is 5.22. The SMILES string of the molecule is O=C(CCCn1cc(-n2ccc(=O)c(Cc3ccccc3)n2)cn1)N1CCCC1. The number of carbonyl (C=O) groups excluding carboxylic acids is 1. The second-order valence-corrected chi connectivity index (χ2v) is 7.39. The highest BCUT2D eigenvalue weighted by molar-refractivity contribution is 5.76. The highest BCUT2D eigenvalue weighted by Gasteiger charge is 2.17. The van der Waals surface area contributed by atoms with Gasteiger partial charge in [0.15, 0.2) is 0 Å². The topological polar surface area (TPSA) is 73.0 Å². The smallest absolute Gasteiger partial charge is 0.222 e. The zero-order valence-corrected chi connectivity index (χ0v) is 16.4. The fourth-order valence-corrected chi connectivity index (χ4v) is 3.61. The normalized spacial score (nSPS) is 13.7. The number of hydrogen-bond acceptors (Lipinski definition) is 4. The number of amides is 1. The molecule has 0 aliphatic carbocycles. The highest BCUT2D eigenvalue weighted by atomic mass is 16.2. The lowest BCUT2D eigenvalue weighted by Crippen LogP contribution is -2.27. The number of nitrogens with zero attached hydrogens (tertiary/aromatic N) is 5. The maximum Gasteiger partial charge on any atom is 0.222 e.